The number of benzene rings is 2. The first kappa shape index (κ1) is 15.3. The Morgan fingerprint density at radius 2 is 1.96 bits per heavy atom. The van der Waals surface area contributed by atoms with Crippen LogP contribution in [0, 0.1) is 0 Å². The largest absolute Gasteiger partial charge is 0.506 e. The number of aromatic nitrogens is 1. The van der Waals surface area contributed by atoms with Crippen LogP contribution in [0.4, 0.5) is 11.4 Å². The Hall–Kier alpha value is -3.28. The molecule has 1 aromatic heterocycles. The van der Waals surface area contributed by atoms with Gasteiger partial charge in [0.2, 0.25) is 0 Å². The molecule has 2 aromatic carbocycles. The smallest absolute Gasteiger partial charge is 0.268 e. The van der Waals surface area contributed by atoms with Crippen LogP contribution >= 0.6 is 0 Å². The third-order valence-electron chi connectivity index (χ3n) is 4.64. The summed E-state index contributed by atoms with van der Waals surface area (Å²) >= 11 is 0. The molecule has 1 unspecified atom stereocenters. The van der Waals surface area contributed by atoms with Crippen molar-refractivity contribution in [2.75, 3.05) is 11.1 Å². The minimum absolute atomic E-state index is 0.0592. The number of rotatable bonds is 2. The number of hydrogen-bond acceptors (Lipinski definition) is 4. The Morgan fingerprint density at radius 1 is 1.24 bits per heavy atom. The summed E-state index contributed by atoms with van der Waals surface area (Å²) in [6.07, 6.45) is 0.703. The number of para-hydroxylation sites is 1. The lowest BCUT2D eigenvalue weighted by Gasteiger charge is -2.14. The van der Waals surface area contributed by atoms with E-state index >= 15 is 0 Å². The van der Waals surface area contributed by atoms with Gasteiger partial charge in [0.05, 0.1) is 5.52 Å². The highest BCUT2D eigenvalue weighted by atomic mass is 16.3. The van der Waals surface area contributed by atoms with Crippen LogP contribution in [0.25, 0.3) is 10.9 Å². The molecule has 0 fully saturated rings. The van der Waals surface area contributed by atoms with Crippen LogP contribution in [-0.2, 0) is 6.42 Å². The van der Waals surface area contributed by atoms with Gasteiger partial charge in [0.15, 0.2) is 0 Å². The number of carbonyl (C=O) groups excluding carboxylic acids is 1. The number of aromatic hydroxyl groups is 1. The molecule has 0 bridgehead atoms. The third kappa shape index (κ3) is 2.26. The Morgan fingerprint density at radius 3 is 2.68 bits per heavy atom. The lowest BCUT2D eigenvalue weighted by Crippen LogP contribution is -2.30. The monoisotopic (exact) mass is 335 g/mol. The zero-order chi connectivity index (χ0) is 17.7. The first-order valence-electron chi connectivity index (χ1n) is 8.03. The van der Waals surface area contributed by atoms with Crippen molar-refractivity contribution in [3.8, 4) is 5.75 Å². The highest BCUT2D eigenvalue weighted by Crippen LogP contribution is 2.36. The highest BCUT2D eigenvalue weighted by molar-refractivity contribution is 6.09. The molecule has 0 aliphatic carbocycles. The van der Waals surface area contributed by atoms with Gasteiger partial charge in [-0.3, -0.25) is 9.59 Å². The van der Waals surface area contributed by atoms with Gasteiger partial charge in [-0.25, -0.2) is 0 Å². The fraction of sp³-hybridized carbons (Fsp3) is 0.158. The van der Waals surface area contributed by atoms with Gasteiger partial charge in [-0.15, -0.1) is 0 Å². The van der Waals surface area contributed by atoms with E-state index in [0.29, 0.717) is 28.7 Å². The second-order valence-corrected chi connectivity index (χ2v) is 6.34. The number of nitrogens with two attached hydrogens (primary N) is 1. The fourth-order valence-corrected chi connectivity index (χ4v) is 3.48. The van der Waals surface area contributed by atoms with Crippen molar-refractivity contribution in [3.63, 3.8) is 0 Å². The van der Waals surface area contributed by atoms with Gasteiger partial charge in [-0.1, -0.05) is 12.1 Å². The molecule has 0 saturated carbocycles. The molecular weight excluding hydrogens is 318 g/mol. The predicted molar refractivity (Wildman–Crippen MR) is 97.1 cm³/mol. The van der Waals surface area contributed by atoms with Crippen molar-refractivity contribution >= 4 is 28.2 Å². The molecule has 4 N–H and O–H groups in total. The summed E-state index contributed by atoms with van der Waals surface area (Å²) in [4.78, 5) is 25.5. The van der Waals surface area contributed by atoms with Crippen LogP contribution < -0.4 is 16.6 Å². The van der Waals surface area contributed by atoms with Crippen LogP contribution in [0.3, 0.4) is 0 Å². The Bertz CT molecular complexity index is 1070. The summed E-state index contributed by atoms with van der Waals surface area (Å²) in [6.45, 7) is 1.93. The standard InChI is InChI=1S/C19H17N3O3/c1-10-9-11-3-2-4-14-16(11)22(10)19(25)15(17(14)23)18(24)21-13-7-5-12(20)6-8-13/h2-8,10,23H,9,20H2,1H3,(H,21,24). The highest BCUT2D eigenvalue weighted by Gasteiger charge is 2.29. The molecule has 2 heterocycles. The maximum absolute atomic E-state index is 12.9. The van der Waals surface area contributed by atoms with E-state index in [-0.39, 0.29) is 17.4 Å². The number of pyridine rings is 1. The lowest BCUT2D eigenvalue weighted by molar-refractivity contribution is 0.102. The average Bonchev–Trinajstić information content (AvgIpc) is 2.92. The lowest BCUT2D eigenvalue weighted by atomic mass is 10.1. The second-order valence-electron chi connectivity index (χ2n) is 6.34. The van der Waals surface area contributed by atoms with E-state index in [4.69, 9.17) is 5.73 Å². The molecule has 6 heteroatoms. The van der Waals surface area contributed by atoms with E-state index in [1.54, 1.807) is 34.9 Å². The van der Waals surface area contributed by atoms with Crippen molar-refractivity contribution in [1.29, 1.82) is 0 Å². The molecule has 0 saturated heterocycles. The van der Waals surface area contributed by atoms with Crippen molar-refractivity contribution in [3.05, 3.63) is 63.9 Å². The molecule has 25 heavy (non-hydrogen) atoms. The summed E-state index contributed by atoms with van der Waals surface area (Å²) in [6, 6.07) is 12.0. The van der Waals surface area contributed by atoms with Crippen LogP contribution in [0.1, 0.15) is 28.9 Å². The first-order chi connectivity index (χ1) is 12.0. The maximum Gasteiger partial charge on any atom is 0.268 e. The quantitative estimate of drug-likeness (QED) is 0.627. The van der Waals surface area contributed by atoms with E-state index in [1.165, 1.54) is 0 Å². The predicted octanol–water partition coefficient (Wildman–Crippen LogP) is 2.66. The number of nitrogens with one attached hydrogen (secondary N) is 1. The van der Waals surface area contributed by atoms with E-state index in [1.807, 2.05) is 19.1 Å². The second kappa shape index (κ2) is 5.37. The number of carbonyl (C=O) groups is 1. The number of nitrogens with zero attached hydrogens (tertiary/aromatic N) is 1. The van der Waals surface area contributed by atoms with Gasteiger partial charge in [-0.05, 0) is 49.2 Å². The SMILES string of the molecule is CC1Cc2cccc3c(O)c(C(=O)Nc4ccc(N)cc4)c(=O)n1c23. The van der Waals surface area contributed by atoms with E-state index < -0.39 is 11.5 Å². The Balaban J connectivity index is 1.87. The minimum Gasteiger partial charge on any atom is -0.506 e. The molecule has 6 nitrogen and oxygen atoms in total. The Kier molecular flexibility index (Phi) is 3.28. The summed E-state index contributed by atoms with van der Waals surface area (Å²) in [5.74, 6) is -0.914. The van der Waals surface area contributed by atoms with Crippen LogP contribution in [0.15, 0.2) is 47.3 Å². The van der Waals surface area contributed by atoms with E-state index in [2.05, 4.69) is 5.32 Å². The van der Waals surface area contributed by atoms with Crippen LogP contribution in [-0.4, -0.2) is 15.6 Å². The van der Waals surface area contributed by atoms with Crippen molar-refractivity contribution in [1.82, 2.24) is 4.57 Å². The molecule has 3 aromatic rings. The van der Waals surface area contributed by atoms with Crippen molar-refractivity contribution in [2.24, 2.45) is 0 Å². The zero-order valence-electron chi connectivity index (χ0n) is 13.6. The molecule has 1 aliphatic heterocycles. The number of anilines is 2. The molecule has 0 radical (unpaired) electrons. The number of amides is 1. The summed E-state index contributed by atoms with van der Waals surface area (Å²) < 4.78 is 1.60. The van der Waals surface area contributed by atoms with E-state index in [9.17, 15) is 14.7 Å². The van der Waals surface area contributed by atoms with Crippen LogP contribution in [0.5, 0.6) is 5.75 Å². The third-order valence-corrected chi connectivity index (χ3v) is 4.64. The Labute approximate surface area is 143 Å². The summed E-state index contributed by atoms with van der Waals surface area (Å²) in [5, 5.41) is 13.8. The first-order valence-corrected chi connectivity index (χ1v) is 8.03. The summed E-state index contributed by atoms with van der Waals surface area (Å²) in [5.41, 5.74) is 7.70. The maximum atomic E-state index is 12.9. The van der Waals surface area contributed by atoms with Gasteiger partial charge in [-0.2, -0.15) is 0 Å². The molecule has 1 aliphatic rings. The van der Waals surface area contributed by atoms with Gasteiger partial charge in [0.25, 0.3) is 11.5 Å². The molecule has 126 valence electrons. The number of nitrogen functional groups attached to an aromatic ring is 1. The van der Waals surface area contributed by atoms with Gasteiger partial charge in [0, 0.05) is 22.8 Å². The summed E-state index contributed by atoms with van der Waals surface area (Å²) in [7, 11) is 0. The zero-order valence-corrected chi connectivity index (χ0v) is 13.6. The fourth-order valence-electron chi connectivity index (χ4n) is 3.48. The molecule has 1 atom stereocenters. The van der Waals surface area contributed by atoms with Gasteiger partial charge in [0.1, 0.15) is 11.3 Å². The van der Waals surface area contributed by atoms with Crippen LogP contribution in [0.2, 0.25) is 0 Å². The van der Waals surface area contributed by atoms with Crippen molar-refractivity contribution in [2.45, 2.75) is 19.4 Å². The molecule has 1 amide bonds. The van der Waals surface area contributed by atoms with E-state index in [0.717, 1.165) is 5.56 Å². The van der Waals surface area contributed by atoms with Gasteiger partial charge < -0.3 is 20.7 Å². The normalized spacial score (nSPS) is 15.5. The van der Waals surface area contributed by atoms with Gasteiger partial charge >= 0.3 is 0 Å². The average molecular weight is 335 g/mol. The van der Waals surface area contributed by atoms with Crippen molar-refractivity contribution < 1.29 is 9.90 Å². The molecular formula is C19H17N3O3. The molecule has 4 rings (SSSR count). The minimum atomic E-state index is -0.637. The number of hydrogen-bond donors (Lipinski definition) is 3. The topological polar surface area (TPSA) is 97.3 Å². The molecule has 0 spiro atoms.